The fourth-order valence-electron chi connectivity index (χ4n) is 2.12. The van der Waals surface area contributed by atoms with Crippen molar-refractivity contribution in [2.24, 2.45) is 4.99 Å². The highest BCUT2D eigenvalue weighted by Crippen LogP contribution is 2.28. The molecule has 23 heavy (non-hydrogen) atoms. The maximum absolute atomic E-state index is 11.6. The van der Waals surface area contributed by atoms with Crippen molar-refractivity contribution in [3.8, 4) is 5.75 Å². The lowest BCUT2D eigenvalue weighted by atomic mass is 10.1. The van der Waals surface area contributed by atoms with Crippen molar-refractivity contribution in [2.75, 3.05) is 5.32 Å². The smallest absolute Gasteiger partial charge is 0.224 e. The van der Waals surface area contributed by atoms with Crippen molar-refractivity contribution in [1.29, 1.82) is 0 Å². The monoisotopic (exact) mass is 374 g/mol. The van der Waals surface area contributed by atoms with Crippen LogP contribution in [-0.2, 0) is 4.79 Å². The number of carbonyl (C=O) groups is 1. The zero-order valence-corrected chi connectivity index (χ0v) is 14.7. The van der Waals surface area contributed by atoms with Crippen LogP contribution < -0.4 is 5.32 Å². The molecule has 0 aliphatic heterocycles. The van der Waals surface area contributed by atoms with Crippen LogP contribution in [0.4, 0.5) is 11.4 Å². The van der Waals surface area contributed by atoms with Crippen LogP contribution in [0.3, 0.4) is 0 Å². The van der Waals surface area contributed by atoms with Crippen molar-refractivity contribution in [3.05, 3.63) is 52.0 Å². The number of aryl methyl sites for hydroxylation is 1. The van der Waals surface area contributed by atoms with Gasteiger partial charge >= 0.3 is 0 Å². The van der Waals surface area contributed by atoms with E-state index < -0.39 is 0 Å². The van der Waals surface area contributed by atoms with Gasteiger partial charge in [0.2, 0.25) is 5.91 Å². The summed E-state index contributed by atoms with van der Waals surface area (Å²) in [5.41, 5.74) is 3.08. The van der Waals surface area contributed by atoms with Crippen LogP contribution in [0.2, 0.25) is 0 Å². The predicted octanol–water partition coefficient (Wildman–Crippen LogP) is 4.95. The number of hydrogen-bond donors (Lipinski definition) is 2. The molecule has 5 heteroatoms. The van der Waals surface area contributed by atoms with Crippen molar-refractivity contribution in [3.63, 3.8) is 0 Å². The van der Waals surface area contributed by atoms with E-state index in [1.54, 1.807) is 12.3 Å². The van der Waals surface area contributed by atoms with Crippen LogP contribution >= 0.6 is 15.9 Å². The topological polar surface area (TPSA) is 61.7 Å². The van der Waals surface area contributed by atoms with E-state index in [0.717, 1.165) is 12.0 Å². The Morgan fingerprint density at radius 2 is 2.13 bits per heavy atom. The molecule has 0 saturated heterocycles. The number of nitrogens with zero attached hydrogens (tertiary/aromatic N) is 1. The molecule has 4 nitrogen and oxygen atoms in total. The van der Waals surface area contributed by atoms with Crippen molar-refractivity contribution < 1.29 is 9.90 Å². The van der Waals surface area contributed by atoms with Crippen LogP contribution in [-0.4, -0.2) is 17.2 Å². The van der Waals surface area contributed by atoms with Gasteiger partial charge in [0.15, 0.2) is 0 Å². The molecule has 0 unspecified atom stereocenters. The fraction of sp³-hybridized carbons (Fsp3) is 0.222. The Balaban J connectivity index is 2.19. The summed E-state index contributed by atoms with van der Waals surface area (Å²) in [4.78, 5) is 16.0. The van der Waals surface area contributed by atoms with Gasteiger partial charge in [0.1, 0.15) is 5.75 Å². The number of anilines is 1. The number of amides is 1. The van der Waals surface area contributed by atoms with E-state index in [1.807, 2.05) is 44.2 Å². The Bertz CT molecular complexity index is 742. The summed E-state index contributed by atoms with van der Waals surface area (Å²) in [5, 5.41) is 12.9. The molecule has 0 heterocycles. The second-order valence-corrected chi connectivity index (χ2v) is 6.15. The molecule has 0 aromatic heterocycles. The number of halogens is 1. The molecule has 0 radical (unpaired) electrons. The molecule has 0 aliphatic rings. The van der Waals surface area contributed by atoms with E-state index in [1.165, 1.54) is 0 Å². The first-order chi connectivity index (χ1) is 11.0. The highest BCUT2D eigenvalue weighted by Gasteiger charge is 2.05. The third kappa shape index (κ3) is 4.93. The molecule has 0 spiro atoms. The van der Waals surface area contributed by atoms with E-state index >= 15 is 0 Å². The number of benzene rings is 2. The quantitative estimate of drug-likeness (QED) is 0.727. The van der Waals surface area contributed by atoms with E-state index in [2.05, 4.69) is 26.2 Å². The second kappa shape index (κ2) is 7.92. The fourth-order valence-corrected chi connectivity index (χ4v) is 2.71. The first kappa shape index (κ1) is 17.2. The van der Waals surface area contributed by atoms with Crippen LogP contribution in [0, 0.1) is 6.92 Å². The van der Waals surface area contributed by atoms with Gasteiger partial charge in [-0.1, -0.05) is 13.0 Å². The lowest BCUT2D eigenvalue weighted by Crippen LogP contribution is -2.10. The van der Waals surface area contributed by atoms with E-state index in [4.69, 9.17) is 0 Å². The van der Waals surface area contributed by atoms with Crippen molar-refractivity contribution in [1.82, 2.24) is 0 Å². The zero-order valence-electron chi connectivity index (χ0n) is 13.1. The van der Waals surface area contributed by atoms with Crippen LogP contribution in [0.5, 0.6) is 5.75 Å². The summed E-state index contributed by atoms with van der Waals surface area (Å²) < 4.78 is 0.638. The lowest BCUT2D eigenvalue weighted by Gasteiger charge is -2.05. The number of phenols is 1. The summed E-state index contributed by atoms with van der Waals surface area (Å²) in [6, 6.07) is 11.0. The number of aliphatic imine (C=N–C) groups is 1. The number of aromatic hydroxyl groups is 1. The van der Waals surface area contributed by atoms with Gasteiger partial charge in [-0.15, -0.1) is 0 Å². The standard InChI is InChI=1S/C18H19BrN2O2/c1-3-5-17(22)21-15-7-4-6-14(10-15)20-11-13-8-12(2)9-16(19)18(13)23/h4,6-11,23H,3,5H2,1-2H3,(H,21,22). The maximum Gasteiger partial charge on any atom is 0.224 e. The molecule has 120 valence electrons. The molecule has 0 saturated carbocycles. The lowest BCUT2D eigenvalue weighted by molar-refractivity contribution is -0.116. The summed E-state index contributed by atoms with van der Waals surface area (Å²) in [5.74, 6) is 0.153. The molecule has 2 aromatic rings. The molecular formula is C18H19BrN2O2. The SMILES string of the molecule is CCCC(=O)Nc1cccc(N=Cc2cc(C)cc(Br)c2O)c1. The third-order valence-corrected chi connectivity index (χ3v) is 3.80. The van der Waals surface area contributed by atoms with E-state index in [9.17, 15) is 9.90 Å². The van der Waals surface area contributed by atoms with Gasteiger partial charge in [-0.05, 0) is 65.2 Å². The molecule has 0 aliphatic carbocycles. The molecule has 2 rings (SSSR count). The Morgan fingerprint density at radius 3 is 2.87 bits per heavy atom. The summed E-state index contributed by atoms with van der Waals surface area (Å²) in [6.45, 7) is 3.91. The predicted molar refractivity (Wildman–Crippen MR) is 97.8 cm³/mol. The minimum atomic E-state index is -0.00566. The van der Waals surface area contributed by atoms with Gasteiger partial charge < -0.3 is 10.4 Å². The molecule has 0 bridgehead atoms. The number of carbonyl (C=O) groups excluding carboxylic acids is 1. The van der Waals surface area contributed by atoms with E-state index in [0.29, 0.717) is 27.8 Å². The highest BCUT2D eigenvalue weighted by molar-refractivity contribution is 9.10. The van der Waals surface area contributed by atoms with Crippen LogP contribution in [0.15, 0.2) is 45.9 Å². The maximum atomic E-state index is 11.6. The molecule has 0 atom stereocenters. The summed E-state index contributed by atoms with van der Waals surface area (Å²) >= 11 is 3.32. The zero-order chi connectivity index (χ0) is 16.8. The Labute approximate surface area is 144 Å². The largest absolute Gasteiger partial charge is 0.506 e. The molecule has 2 N–H and O–H groups in total. The number of rotatable bonds is 5. The normalized spacial score (nSPS) is 10.9. The Morgan fingerprint density at radius 1 is 1.35 bits per heavy atom. The third-order valence-electron chi connectivity index (χ3n) is 3.20. The molecule has 2 aromatic carbocycles. The molecule has 0 fully saturated rings. The average molecular weight is 375 g/mol. The van der Waals surface area contributed by atoms with Gasteiger partial charge in [-0.3, -0.25) is 9.79 Å². The van der Waals surface area contributed by atoms with Gasteiger partial charge in [-0.25, -0.2) is 0 Å². The Kier molecular flexibility index (Phi) is 5.93. The minimum Gasteiger partial charge on any atom is -0.506 e. The highest BCUT2D eigenvalue weighted by atomic mass is 79.9. The van der Waals surface area contributed by atoms with Gasteiger partial charge in [0.05, 0.1) is 10.2 Å². The van der Waals surface area contributed by atoms with Gasteiger partial charge in [0.25, 0.3) is 0 Å². The first-order valence-corrected chi connectivity index (χ1v) is 8.22. The average Bonchev–Trinajstić information content (AvgIpc) is 2.50. The van der Waals surface area contributed by atoms with Gasteiger partial charge in [-0.2, -0.15) is 0 Å². The number of phenolic OH excluding ortho intramolecular Hbond substituents is 1. The summed E-state index contributed by atoms with van der Waals surface area (Å²) in [7, 11) is 0. The number of nitrogens with one attached hydrogen (secondary N) is 1. The Hall–Kier alpha value is -2.14. The van der Waals surface area contributed by atoms with Crippen molar-refractivity contribution >= 4 is 39.4 Å². The first-order valence-electron chi connectivity index (χ1n) is 7.42. The van der Waals surface area contributed by atoms with Crippen LogP contribution in [0.1, 0.15) is 30.9 Å². The number of hydrogen-bond acceptors (Lipinski definition) is 3. The van der Waals surface area contributed by atoms with Crippen molar-refractivity contribution in [2.45, 2.75) is 26.7 Å². The molecule has 1 amide bonds. The van der Waals surface area contributed by atoms with Crippen LogP contribution in [0.25, 0.3) is 0 Å². The molecular weight excluding hydrogens is 356 g/mol. The minimum absolute atomic E-state index is 0.00566. The van der Waals surface area contributed by atoms with Gasteiger partial charge in [0, 0.05) is 23.9 Å². The van der Waals surface area contributed by atoms with E-state index in [-0.39, 0.29) is 11.7 Å². The second-order valence-electron chi connectivity index (χ2n) is 5.29. The summed E-state index contributed by atoms with van der Waals surface area (Å²) in [6.07, 6.45) is 2.92.